The summed E-state index contributed by atoms with van der Waals surface area (Å²) in [7, 11) is 0. The lowest BCUT2D eigenvalue weighted by Gasteiger charge is -2.05. The van der Waals surface area contributed by atoms with E-state index in [9.17, 15) is 5.11 Å². The molecule has 1 heterocycles. The van der Waals surface area contributed by atoms with Crippen LogP contribution in [-0.2, 0) is 6.61 Å². The van der Waals surface area contributed by atoms with Gasteiger partial charge in [-0.3, -0.25) is 4.98 Å². The monoisotopic (exact) mass is 201 g/mol. The van der Waals surface area contributed by atoms with E-state index in [1.165, 1.54) is 0 Å². The van der Waals surface area contributed by atoms with E-state index in [0.29, 0.717) is 12.4 Å². The SMILES string of the molecule is Oc1cccc(OCc2ccncc2)c1. The fraction of sp³-hybridized carbons (Fsp3) is 0.0833. The zero-order valence-electron chi connectivity index (χ0n) is 8.13. The molecular formula is C12H11NO2. The molecule has 76 valence electrons. The van der Waals surface area contributed by atoms with E-state index in [0.717, 1.165) is 5.56 Å². The van der Waals surface area contributed by atoms with Crippen molar-refractivity contribution in [3.8, 4) is 11.5 Å². The van der Waals surface area contributed by atoms with E-state index in [1.807, 2.05) is 12.1 Å². The van der Waals surface area contributed by atoms with Crippen molar-refractivity contribution in [2.24, 2.45) is 0 Å². The minimum absolute atomic E-state index is 0.210. The number of pyridine rings is 1. The van der Waals surface area contributed by atoms with Gasteiger partial charge in [0.2, 0.25) is 0 Å². The first-order valence-corrected chi connectivity index (χ1v) is 4.65. The molecule has 0 aliphatic rings. The smallest absolute Gasteiger partial charge is 0.123 e. The summed E-state index contributed by atoms with van der Waals surface area (Å²) in [5, 5.41) is 9.22. The fourth-order valence-corrected chi connectivity index (χ4v) is 1.22. The Bertz CT molecular complexity index is 429. The Kier molecular flexibility index (Phi) is 2.83. The fourth-order valence-electron chi connectivity index (χ4n) is 1.22. The van der Waals surface area contributed by atoms with Gasteiger partial charge < -0.3 is 9.84 Å². The Morgan fingerprint density at radius 1 is 1.13 bits per heavy atom. The minimum atomic E-state index is 0.210. The predicted octanol–water partition coefficient (Wildman–Crippen LogP) is 2.37. The van der Waals surface area contributed by atoms with Crippen molar-refractivity contribution in [3.05, 3.63) is 54.4 Å². The van der Waals surface area contributed by atoms with Gasteiger partial charge in [0.15, 0.2) is 0 Å². The first-order valence-electron chi connectivity index (χ1n) is 4.65. The summed E-state index contributed by atoms with van der Waals surface area (Å²) in [6.45, 7) is 0.478. The van der Waals surface area contributed by atoms with Crippen molar-refractivity contribution in [2.75, 3.05) is 0 Å². The molecule has 0 atom stereocenters. The second-order valence-electron chi connectivity index (χ2n) is 3.14. The Morgan fingerprint density at radius 3 is 2.67 bits per heavy atom. The molecule has 2 aromatic rings. The van der Waals surface area contributed by atoms with Crippen LogP contribution in [0, 0.1) is 0 Å². The lowest BCUT2D eigenvalue weighted by Crippen LogP contribution is -1.94. The van der Waals surface area contributed by atoms with Crippen molar-refractivity contribution in [2.45, 2.75) is 6.61 Å². The van der Waals surface area contributed by atoms with Gasteiger partial charge in [0.05, 0.1) is 0 Å². The lowest BCUT2D eigenvalue weighted by atomic mass is 10.3. The van der Waals surface area contributed by atoms with Gasteiger partial charge in [-0.1, -0.05) is 6.07 Å². The van der Waals surface area contributed by atoms with Gasteiger partial charge in [0.1, 0.15) is 18.1 Å². The number of rotatable bonds is 3. The summed E-state index contributed by atoms with van der Waals surface area (Å²) in [6.07, 6.45) is 3.45. The zero-order chi connectivity index (χ0) is 10.5. The molecule has 2 rings (SSSR count). The van der Waals surface area contributed by atoms with Crippen LogP contribution in [0.1, 0.15) is 5.56 Å². The normalized spacial score (nSPS) is 9.87. The quantitative estimate of drug-likeness (QED) is 0.828. The van der Waals surface area contributed by atoms with Crippen LogP contribution in [-0.4, -0.2) is 10.1 Å². The maximum atomic E-state index is 9.22. The van der Waals surface area contributed by atoms with Crippen molar-refractivity contribution in [3.63, 3.8) is 0 Å². The molecule has 0 fully saturated rings. The molecule has 0 spiro atoms. The van der Waals surface area contributed by atoms with Crippen LogP contribution < -0.4 is 4.74 Å². The molecule has 1 aromatic heterocycles. The molecule has 15 heavy (non-hydrogen) atoms. The van der Waals surface area contributed by atoms with Gasteiger partial charge in [-0.15, -0.1) is 0 Å². The number of ether oxygens (including phenoxy) is 1. The molecule has 1 N–H and O–H groups in total. The highest BCUT2D eigenvalue weighted by molar-refractivity contribution is 5.31. The maximum Gasteiger partial charge on any atom is 0.123 e. The minimum Gasteiger partial charge on any atom is -0.508 e. The van der Waals surface area contributed by atoms with Crippen LogP contribution in [0.15, 0.2) is 48.8 Å². The molecule has 0 aliphatic carbocycles. The number of phenolic OH excluding ortho intramolecular Hbond substituents is 1. The molecule has 0 saturated carbocycles. The van der Waals surface area contributed by atoms with Crippen LogP contribution in [0.5, 0.6) is 11.5 Å². The molecule has 0 unspecified atom stereocenters. The van der Waals surface area contributed by atoms with E-state index in [2.05, 4.69) is 4.98 Å². The molecule has 1 aromatic carbocycles. The largest absolute Gasteiger partial charge is 0.508 e. The topological polar surface area (TPSA) is 42.4 Å². The third-order valence-electron chi connectivity index (χ3n) is 1.97. The van der Waals surface area contributed by atoms with Crippen molar-refractivity contribution < 1.29 is 9.84 Å². The molecule has 3 nitrogen and oxygen atoms in total. The number of aromatic nitrogens is 1. The first-order chi connectivity index (χ1) is 7.34. The highest BCUT2D eigenvalue weighted by Gasteiger charge is 1.96. The van der Waals surface area contributed by atoms with E-state index in [1.54, 1.807) is 36.7 Å². The molecular weight excluding hydrogens is 190 g/mol. The molecule has 0 bridgehead atoms. The average Bonchev–Trinajstić information content (AvgIpc) is 2.28. The van der Waals surface area contributed by atoms with Gasteiger partial charge in [-0.25, -0.2) is 0 Å². The number of hydrogen-bond acceptors (Lipinski definition) is 3. The lowest BCUT2D eigenvalue weighted by molar-refractivity contribution is 0.304. The van der Waals surface area contributed by atoms with Crippen LogP contribution in [0.25, 0.3) is 0 Å². The summed E-state index contributed by atoms with van der Waals surface area (Å²) in [6, 6.07) is 10.5. The summed E-state index contributed by atoms with van der Waals surface area (Å²) in [4.78, 5) is 3.92. The van der Waals surface area contributed by atoms with Crippen molar-refractivity contribution in [1.82, 2.24) is 4.98 Å². The molecule has 0 aliphatic heterocycles. The number of phenols is 1. The van der Waals surface area contributed by atoms with Gasteiger partial charge in [0, 0.05) is 18.5 Å². The van der Waals surface area contributed by atoms with Crippen molar-refractivity contribution in [1.29, 1.82) is 0 Å². The summed E-state index contributed by atoms with van der Waals surface area (Å²) >= 11 is 0. The molecule has 0 radical (unpaired) electrons. The van der Waals surface area contributed by atoms with Crippen LogP contribution in [0.2, 0.25) is 0 Å². The average molecular weight is 201 g/mol. The van der Waals surface area contributed by atoms with Gasteiger partial charge in [0.25, 0.3) is 0 Å². The molecule has 0 amide bonds. The van der Waals surface area contributed by atoms with E-state index >= 15 is 0 Å². The van der Waals surface area contributed by atoms with E-state index in [4.69, 9.17) is 4.74 Å². The zero-order valence-corrected chi connectivity index (χ0v) is 8.13. The van der Waals surface area contributed by atoms with Crippen molar-refractivity contribution >= 4 is 0 Å². The summed E-state index contributed by atoms with van der Waals surface area (Å²) < 4.78 is 5.49. The van der Waals surface area contributed by atoms with E-state index < -0.39 is 0 Å². The number of hydrogen-bond donors (Lipinski definition) is 1. The Labute approximate surface area is 88.0 Å². The third kappa shape index (κ3) is 2.71. The number of nitrogens with zero attached hydrogens (tertiary/aromatic N) is 1. The predicted molar refractivity (Wildman–Crippen MR) is 56.7 cm³/mol. The van der Waals surface area contributed by atoms with Gasteiger partial charge >= 0.3 is 0 Å². The number of aromatic hydroxyl groups is 1. The van der Waals surface area contributed by atoms with Gasteiger partial charge in [-0.05, 0) is 29.8 Å². The van der Waals surface area contributed by atoms with E-state index in [-0.39, 0.29) is 5.75 Å². The Hall–Kier alpha value is -2.03. The maximum absolute atomic E-state index is 9.22. The third-order valence-corrected chi connectivity index (χ3v) is 1.97. The molecule has 3 heteroatoms. The molecule has 0 saturated heterocycles. The summed E-state index contributed by atoms with van der Waals surface area (Å²) in [5.74, 6) is 0.869. The van der Waals surface area contributed by atoms with Crippen LogP contribution >= 0.6 is 0 Å². The highest BCUT2D eigenvalue weighted by Crippen LogP contribution is 2.18. The second-order valence-corrected chi connectivity index (χ2v) is 3.14. The first kappa shape index (κ1) is 9.52. The van der Waals surface area contributed by atoms with Crippen LogP contribution in [0.4, 0.5) is 0 Å². The standard InChI is InChI=1S/C12H11NO2/c14-11-2-1-3-12(8-11)15-9-10-4-6-13-7-5-10/h1-8,14H,9H2. The van der Waals surface area contributed by atoms with Gasteiger partial charge in [-0.2, -0.15) is 0 Å². The Balaban J connectivity index is 1.99. The second kappa shape index (κ2) is 4.46. The van der Waals surface area contributed by atoms with Crippen LogP contribution in [0.3, 0.4) is 0 Å². The number of benzene rings is 1. The Morgan fingerprint density at radius 2 is 1.93 bits per heavy atom. The summed E-state index contributed by atoms with van der Waals surface area (Å²) in [5.41, 5.74) is 1.05. The highest BCUT2D eigenvalue weighted by atomic mass is 16.5.